The molecule has 21 heavy (non-hydrogen) atoms. The normalized spacial score (nSPS) is 22.5. The highest BCUT2D eigenvalue weighted by Crippen LogP contribution is 2.15. The predicted octanol–water partition coefficient (Wildman–Crippen LogP) is 2.24. The van der Waals surface area contributed by atoms with E-state index in [-0.39, 0.29) is 23.8 Å². The van der Waals surface area contributed by atoms with Crippen LogP contribution in [0.5, 0.6) is 0 Å². The molecule has 0 spiro atoms. The Morgan fingerprint density at radius 2 is 2.05 bits per heavy atom. The summed E-state index contributed by atoms with van der Waals surface area (Å²) in [6, 6.07) is 6.18. The fourth-order valence-corrected chi connectivity index (χ4v) is 2.37. The number of nitro benzene ring substituents is 1. The van der Waals surface area contributed by atoms with E-state index < -0.39 is 4.92 Å². The Bertz CT molecular complexity index is 561. The summed E-state index contributed by atoms with van der Waals surface area (Å²) in [7, 11) is 0. The van der Waals surface area contributed by atoms with Crippen LogP contribution in [0.3, 0.4) is 0 Å². The Morgan fingerprint density at radius 1 is 1.38 bits per heavy atom. The van der Waals surface area contributed by atoms with E-state index in [4.69, 9.17) is 4.74 Å². The number of hydrogen-bond donors (Lipinski definition) is 0. The van der Waals surface area contributed by atoms with Crippen LogP contribution >= 0.6 is 0 Å². The summed E-state index contributed by atoms with van der Waals surface area (Å²) < 4.78 is 5.58. The number of rotatable bonds is 3. The van der Waals surface area contributed by atoms with Gasteiger partial charge < -0.3 is 9.64 Å². The van der Waals surface area contributed by atoms with Crippen LogP contribution in [0.2, 0.25) is 0 Å². The van der Waals surface area contributed by atoms with Crippen LogP contribution in [0.4, 0.5) is 5.69 Å². The van der Waals surface area contributed by atoms with Crippen molar-refractivity contribution in [2.75, 3.05) is 13.1 Å². The van der Waals surface area contributed by atoms with Crippen molar-refractivity contribution in [3.8, 4) is 0 Å². The van der Waals surface area contributed by atoms with Crippen LogP contribution in [0, 0.1) is 10.1 Å². The quantitative estimate of drug-likeness (QED) is 0.486. The molecule has 0 aliphatic carbocycles. The number of morpholine rings is 1. The summed E-state index contributed by atoms with van der Waals surface area (Å²) in [5.74, 6) is -0.108. The fourth-order valence-electron chi connectivity index (χ4n) is 2.37. The van der Waals surface area contributed by atoms with Crippen LogP contribution in [-0.2, 0) is 9.53 Å². The van der Waals surface area contributed by atoms with Gasteiger partial charge in [0.05, 0.1) is 17.1 Å². The minimum absolute atomic E-state index is 0.0122. The third-order valence-corrected chi connectivity index (χ3v) is 3.23. The third kappa shape index (κ3) is 4.13. The zero-order chi connectivity index (χ0) is 15.4. The van der Waals surface area contributed by atoms with Gasteiger partial charge in [-0.1, -0.05) is 12.1 Å². The summed E-state index contributed by atoms with van der Waals surface area (Å²) in [5.41, 5.74) is 0.644. The molecule has 1 aromatic rings. The van der Waals surface area contributed by atoms with Gasteiger partial charge in [0.25, 0.3) is 5.69 Å². The Labute approximate surface area is 123 Å². The number of nitro groups is 1. The van der Waals surface area contributed by atoms with Crippen molar-refractivity contribution in [1.82, 2.24) is 4.90 Å². The van der Waals surface area contributed by atoms with Gasteiger partial charge in [0.15, 0.2) is 0 Å². The zero-order valence-corrected chi connectivity index (χ0v) is 12.1. The standard InChI is InChI=1S/C15H18N2O4/c1-11-9-16(10-12(2)21-11)15(18)7-6-13-4-3-5-14(8-13)17(19)20/h3-8,11-12H,9-10H2,1-2H3/b7-6+/t11-,12+. The summed E-state index contributed by atoms with van der Waals surface area (Å²) in [4.78, 5) is 24.1. The molecule has 1 fully saturated rings. The molecule has 0 unspecified atom stereocenters. The number of carbonyl (C=O) groups excluding carboxylic acids is 1. The van der Waals surface area contributed by atoms with Gasteiger partial charge in [-0.3, -0.25) is 14.9 Å². The van der Waals surface area contributed by atoms with E-state index in [1.807, 2.05) is 13.8 Å². The van der Waals surface area contributed by atoms with Gasteiger partial charge in [-0.2, -0.15) is 0 Å². The van der Waals surface area contributed by atoms with Gasteiger partial charge >= 0.3 is 0 Å². The van der Waals surface area contributed by atoms with Crippen LogP contribution in [0.25, 0.3) is 6.08 Å². The van der Waals surface area contributed by atoms with E-state index in [1.54, 1.807) is 23.1 Å². The van der Waals surface area contributed by atoms with E-state index in [9.17, 15) is 14.9 Å². The Morgan fingerprint density at radius 3 is 2.67 bits per heavy atom. The van der Waals surface area contributed by atoms with E-state index in [1.165, 1.54) is 18.2 Å². The average molecular weight is 290 g/mol. The molecular formula is C15H18N2O4. The number of benzene rings is 1. The maximum atomic E-state index is 12.1. The number of ether oxygens (including phenoxy) is 1. The van der Waals surface area contributed by atoms with Crippen molar-refractivity contribution in [2.45, 2.75) is 26.1 Å². The fraction of sp³-hybridized carbons (Fsp3) is 0.400. The first-order chi connectivity index (χ1) is 9.95. The molecule has 6 heteroatoms. The molecule has 1 aliphatic heterocycles. The van der Waals surface area contributed by atoms with Crippen LogP contribution < -0.4 is 0 Å². The van der Waals surface area contributed by atoms with Crippen LogP contribution in [0.1, 0.15) is 19.4 Å². The van der Waals surface area contributed by atoms with Crippen LogP contribution in [0.15, 0.2) is 30.3 Å². The van der Waals surface area contributed by atoms with E-state index in [0.717, 1.165) is 0 Å². The highest BCUT2D eigenvalue weighted by molar-refractivity contribution is 5.92. The van der Waals surface area contributed by atoms with Crippen molar-refractivity contribution in [3.63, 3.8) is 0 Å². The smallest absolute Gasteiger partial charge is 0.270 e. The van der Waals surface area contributed by atoms with Crippen molar-refractivity contribution in [2.24, 2.45) is 0 Å². The Balaban J connectivity index is 2.05. The molecule has 6 nitrogen and oxygen atoms in total. The molecular weight excluding hydrogens is 272 g/mol. The molecule has 0 bridgehead atoms. The third-order valence-electron chi connectivity index (χ3n) is 3.23. The lowest BCUT2D eigenvalue weighted by Gasteiger charge is -2.34. The van der Waals surface area contributed by atoms with Gasteiger partial charge in [-0.15, -0.1) is 0 Å². The maximum Gasteiger partial charge on any atom is 0.270 e. The molecule has 1 aromatic carbocycles. The van der Waals surface area contributed by atoms with E-state index in [2.05, 4.69) is 0 Å². The lowest BCUT2D eigenvalue weighted by atomic mass is 10.1. The minimum atomic E-state index is -0.454. The first-order valence-electron chi connectivity index (χ1n) is 6.82. The van der Waals surface area contributed by atoms with E-state index >= 15 is 0 Å². The SMILES string of the molecule is C[C@@H]1CN(C(=O)/C=C/c2cccc([N+](=O)[O-])c2)C[C@H](C)O1. The second-order valence-corrected chi connectivity index (χ2v) is 5.19. The van der Waals surface area contributed by atoms with Gasteiger partial charge in [0.1, 0.15) is 0 Å². The molecule has 2 rings (SSSR count). The Kier molecular flexibility index (Phi) is 4.70. The molecule has 0 radical (unpaired) electrons. The second kappa shape index (κ2) is 6.49. The average Bonchev–Trinajstić information content (AvgIpc) is 2.44. The Hall–Kier alpha value is -2.21. The summed E-state index contributed by atoms with van der Waals surface area (Å²) in [5, 5.41) is 10.7. The monoisotopic (exact) mass is 290 g/mol. The molecule has 1 saturated heterocycles. The molecule has 1 aliphatic rings. The summed E-state index contributed by atoms with van der Waals surface area (Å²) in [6.07, 6.45) is 3.08. The topological polar surface area (TPSA) is 72.7 Å². The summed E-state index contributed by atoms with van der Waals surface area (Å²) in [6.45, 7) is 4.98. The van der Waals surface area contributed by atoms with Crippen molar-refractivity contribution in [1.29, 1.82) is 0 Å². The van der Waals surface area contributed by atoms with Crippen molar-refractivity contribution in [3.05, 3.63) is 46.0 Å². The van der Waals surface area contributed by atoms with Gasteiger partial charge in [-0.05, 0) is 25.5 Å². The number of nitrogens with zero attached hydrogens (tertiary/aromatic N) is 2. The summed E-state index contributed by atoms with van der Waals surface area (Å²) >= 11 is 0. The molecule has 0 saturated carbocycles. The lowest BCUT2D eigenvalue weighted by Crippen LogP contribution is -2.47. The molecule has 1 amide bonds. The molecule has 0 aromatic heterocycles. The highest BCUT2D eigenvalue weighted by Gasteiger charge is 2.24. The maximum absolute atomic E-state index is 12.1. The number of hydrogen-bond acceptors (Lipinski definition) is 4. The predicted molar refractivity (Wildman–Crippen MR) is 78.7 cm³/mol. The van der Waals surface area contributed by atoms with Crippen LogP contribution in [-0.4, -0.2) is 41.0 Å². The minimum Gasteiger partial charge on any atom is -0.372 e. The van der Waals surface area contributed by atoms with Crippen molar-refractivity contribution >= 4 is 17.7 Å². The molecule has 2 atom stereocenters. The number of amides is 1. The van der Waals surface area contributed by atoms with Gasteiger partial charge in [-0.25, -0.2) is 0 Å². The number of carbonyl (C=O) groups is 1. The van der Waals surface area contributed by atoms with Gasteiger partial charge in [0, 0.05) is 31.3 Å². The molecule has 1 heterocycles. The largest absolute Gasteiger partial charge is 0.372 e. The van der Waals surface area contributed by atoms with Gasteiger partial charge in [0.2, 0.25) is 5.91 Å². The first-order valence-corrected chi connectivity index (χ1v) is 6.82. The first kappa shape index (κ1) is 15.2. The second-order valence-electron chi connectivity index (χ2n) is 5.19. The molecule has 0 N–H and O–H groups in total. The highest BCUT2D eigenvalue weighted by atomic mass is 16.6. The molecule has 112 valence electrons. The van der Waals surface area contributed by atoms with E-state index in [0.29, 0.717) is 18.7 Å². The van der Waals surface area contributed by atoms with Crippen molar-refractivity contribution < 1.29 is 14.5 Å². The zero-order valence-electron chi connectivity index (χ0n) is 12.1. The lowest BCUT2D eigenvalue weighted by molar-refractivity contribution is -0.384. The number of non-ortho nitro benzene ring substituents is 1.